The molecule has 0 bridgehead atoms. The molecule has 148 valence electrons. The first-order valence-corrected chi connectivity index (χ1v) is 10.3. The number of benzene rings is 1. The quantitative estimate of drug-likeness (QED) is 0.429. The van der Waals surface area contributed by atoms with Crippen molar-refractivity contribution in [2.24, 2.45) is 0 Å². The molecule has 6 rings (SSSR count). The molecule has 7 heteroatoms. The highest BCUT2D eigenvalue weighted by molar-refractivity contribution is 5.96. The van der Waals surface area contributed by atoms with Crippen LogP contribution in [0.5, 0.6) is 0 Å². The van der Waals surface area contributed by atoms with Gasteiger partial charge in [0.1, 0.15) is 5.69 Å². The van der Waals surface area contributed by atoms with Crippen LogP contribution in [0.25, 0.3) is 44.6 Å². The van der Waals surface area contributed by atoms with Crippen molar-refractivity contribution in [2.45, 2.75) is 18.8 Å². The molecule has 1 fully saturated rings. The first-order chi connectivity index (χ1) is 14.9. The SMILES string of the molecule is c1cncc(-c2cccc3[nH]c(-c4n[nH]c5cnc(C6CCNCC6)cc45)nc23)c1. The summed E-state index contributed by atoms with van der Waals surface area (Å²) in [4.78, 5) is 17.3. The van der Waals surface area contributed by atoms with E-state index in [0.717, 1.165) is 76.2 Å². The van der Waals surface area contributed by atoms with E-state index in [1.807, 2.05) is 30.6 Å². The predicted octanol–water partition coefficient (Wildman–Crippen LogP) is 4.03. The molecule has 1 saturated heterocycles. The van der Waals surface area contributed by atoms with E-state index in [0.29, 0.717) is 5.92 Å². The maximum Gasteiger partial charge on any atom is 0.159 e. The number of hydrogen-bond acceptors (Lipinski definition) is 5. The molecule has 1 aromatic carbocycles. The fourth-order valence-electron chi connectivity index (χ4n) is 4.35. The van der Waals surface area contributed by atoms with Crippen LogP contribution in [0.2, 0.25) is 0 Å². The Balaban J connectivity index is 1.47. The van der Waals surface area contributed by atoms with Gasteiger partial charge in [-0.2, -0.15) is 5.10 Å². The molecular formula is C23H21N7. The maximum absolute atomic E-state index is 4.93. The molecule has 0 spiro atoms. The molecule has 0 aliphatic carbocycles. The van der Waals surface area contributed by atoms with Crippen molar-refractivity contribution < 1.29 is 0 Å². The van der Waals surface area contributed by atoms with Crippen molar-refractivity contribution in [3.63, 3.8) is 0 Å². The molecule has 0 unspecified atom stereocenters. The average Bonchev–Trinajstić information content (AvgIpc) is 3.43. The normalized spacial score (nSPS) is 15.2. The number of nitrogens with zero attached hydrogens (tertiary/aromatic N) is 4. The molecule has 1 aliphatic rings. The van der Waals surface area contributed by atoms with Crippen LogP contribution in [0.3, 0.4) is 0 Å². The minimum Gasteiger partial charge on any atom is -0.337 e. The van der Waals surface area contributed by atoms with Gasteiger partial charge in [0, 0.05) is 40.5 Å². The Morgan fingerprint density at radius 2 is 1.90 bits per heavy atom. The lowest BCUT2D eigenvalue weighted by Gasteiger charge is -2.21. The van der Waals surface area contributed by atoms with E-state index in [1.165, 1.54) is 0 Å². The summed E-state index contributed by atoms with van der Waals surface area (Å²) in [5, 5.41) is 12.2. The second kappa shape index (κ2) is 7.03. The lowest BCUT2D eigenvalue weighted by atomic mass is 9.93. The van der Waals surface area contributed by atoms with Gasteiger partial charge < -0.3 is 10.3 Å². The van der Waals surface area contributed by atoms with Crippen LogP contribution < -0.4 is 5.32 Å². The number of piperidine rings is 1. The Kier molecular flexibility index (Phi) is 4.06. The van der Waals surface area contributed by atoms with Gasteiger partial charge in [0.05, 0.1) is 22.7 Å². The van der Waals surface area contributed by atoms with Crippen LogP contribution in [-0.2, 0) is 0 Å². The summed E-state index contributed by atoms with van der Waals surface area (Å²) in [7, 11) is 0. The van der Waals surface area contributed by atoms with Crippen molar-refractivity contribution >= 4 is 21.9 Å². The number of aromatic nitrogens is 6. The van der Waals surface area contributed by atoms with E-state index in [9.17, 15) is 0 Å². The third kappa shape index (κ3) is 2.86. The number of para-hydroxylation sites is 1. The minimum absolute atomic E-state index is 0.492. The number of aromatic amines is 2. The highest BCUT2D eigenvalue weighted by atomic mass is 15.1. The van der Waals surface area contributed by atoms with Crippen molar-refractivity contribution in [1.82, 2.24) is 35.5 Å². The van der Waals surface area contributed by atoms with Gasteiger partial charge >= 0.3 is 0 Å². The molecule has 4 aromatic heterocycles. The minimum atomic E-state index is 0.492. The molecule has 0 saturated carbocycles. The van der Waals surface area contributed by atoms with Gasteiger partial charge in [-0.1, -0.05) is 18.2 Å². The summed E-state index contributed by atoms with van der Waals surface area (Å²) in [6, 6.07) is 12.3. The highest BCUT2D eigenvalue weighted by Crippen LogP contribution is 2.32. The Bertz CT molecular complexity index is 1330. The molecule has 5 aromatic rings. The second-order valence-electron chi connectivity index (χ2n) is 7.78. The number of H-pyrrole nitrogens is 2. The summed E-state index contributed by atoms with van der Waals surface area (Å²) in [5.74, 6) is 1.25. The average molecular weight is 395 g/mol. The summed E-state index contributed by atoms with van der Waals surface area (Å²) in [6.07, 6.45) is 7.77. The number of imidazole rings is 1. The Morgan fingerprint density at radius 3 is 2.77 bits per heavy atom. The van der Waals surface area contributed by atoms with Gasteiger partial charge in [0.25, 0.3) is 0 Å². The van der Waals surface area contributed by atoms with Crippen LogP contribution in [0, 0.1) is 0 Å². The lowest BCUT2D eigenvalue weighted by molar-refractivity contribution is 0.453. The highest BCUT2D eigenvalue weighted by Gasteiger charge is 2.20. The summed E-state index contributed by atoms with van der Waals surface area (Å²) >= 11 is 0. The predicted molar refractivity (Wildman–Crippen MR) is 117 cm³/mol. The summed E-state index contributed by atoms with van der Waals surface area (Å²) < 4.78 is 0. The van der Waals surface area contributed by atoms with E-state index in [1.54, 1.807) is 6.20 Å². The number of pyridine rings is 2. The zero-order valence-corrected chi connectivity index (χ0v) is 16.4. The third-order valence-electron chi connectivity index (χ3n) is 5.94. The summed E-state index contributed by atoms with van der Waals surface area (Å²) in [6.45, 7) is 2.09. The molecule has 0 radical (unpaired) electrons. The van der Waals surface area contributed by atoms with Crippen molar-refractivity contribution in [3.05, 3.63) is 60.7 Å². The van der Waals surface area contributed by atoms with Crippen LogP contribution >= 0.6 is 0 Å². The largest absolute Gasteiger partial charge is 0.337 e. The molecule has 1 aliphatic heterocycles. The molecular weight excluding hydrogens is 374 g/mol. The molecule has 30 heavy (non-hydrogen) atoms. The van der Waals surface area contributed by atoms with Gasteiger partial charge in [-0.3, -0.25) is 15.1 Å². The van der Waals surface area contributed by atoms with E-state index in [2.05, 4.69) is 43.7 Å². The Labute approximate surface area is 173 Å². The molecule has 0 amide bonds. The topological polar surface area (TPSA) is 95.2 Å². The van der Waals surface area contributed by atoms with E-state index in [-0.39, 0.29) is 0 Å². The van der Waals surface area contributed by atoms with Crippen molar-refractivity contribution in [1.29, 1.82) is 0 Å². The molecule has 5 heterocycles. The second-order valence-corrected chi connectivity index (χ2v) is 7.78. The number of hydrogen-bond donors (Lipinski definition) is 3. The molecule has 0 atom stereocenters. The van der Waals surface area contributed by atoms with E-state index >= 15 is 0 Å². The van der Waals surface area contributed by atoms with Gasteiger partial charge in [-0.25, -0.2) is 4.98 Å². The van der Waals surface area contributed by atoms with E-state index < -0.39 is 0 Å². The number of nitrogens with one attached hydrogen (secondary N) is 3. The lowest BCUT2D eigenvalue weighted by Crippen LogP contribution is -2.27. The van der Waals surface area contributed by atoms with Gasteiger partial charge in [0.15, 0.2) is 5.82 Å². The fraction of sp³-hybridized carbons (Fsp3) is 0.217. The van der Waals surface area contributed by atoms with Crippen LogP contribution in [0.15, 0.2) is 55.0 Å². The van der Waals surface area contributed by atoms with Gasteiger partial charge in [0.2, 0.25) is 0 Å². The van der Waals surface area contributed by atoms with Crippen LogP contribution in [0.1, 0.15) is 24.5 Å². The first kappa shape index (κ1) is 17.3. The van der Waals surface area contributed by atoms with Crippen LogP contribution in [-0.4, -0.2) is 43.2 Å². The van der Waals surface area contributed by atoms with Gasteiger partial charge in [-0.05, 0) is 44.1 Å². The molecule has 7 nitrogen and oxygen atoms in total. The van der Waals surface area contributed by atoms with Crippen molar-refractivity contribution in [3.8, 4) is 22.6 Å². The zero-order valence-electron chi connectivity index (χ0n) is 16.4. The number of fused-ring (bicyclic) bond motifs is 2. The molecule has 3 N–H and O–H groups in total. The number of rotatable bonds is 3. The Hall–Kier alpha value is -3.58. The van der Waals surface area contributed by atoms with Gasteiger partial charge in [-0.15, -0.1) is 0 Å². The fourth-order valence-corrected chi connectivity index (χ4v) is 4.35. The monoisotopic (exact) mass is 395 g/mol. The maximum atomic E-state index is 4.93. The standard InChI is InChI=1S/C23H21N7/c1-4-16(15-3-2-8-25-12-15)21-18(5-1)27-23(28-21)22-17-11-19(14-6-9-24-10-7-14)26-13-20(17)29-30-22/h1-5,8,11-14,24H,6-7,9-10H2,(H,27,28)(H,29,30). The van der Waals surface area contributed by atoms with Crippen molar-refractivity contribution in [2.75, 3.05) is 13.1 Å². The Morgan fingerprint density at radius 1 is 0.967 bits per heavy atom. The third-order valence-corrected chi connectivity index (χ3v) is 5.94. The zero-order chi connectivity index (χ0) is 19.9. The summed E-state index contributed by atoms with van der Waals surface area (Å²) in [5.41, 5.74) is 6.90. The van der Waals surface area contributed by atoms with E-state index in [4.69, 9.17) is 9.97 Å². The first-order valence-electron chi connectivity index (χ1n) is 10.3. The van der Waals surface area contributed by atoms with Crippen LogP contribution in [0.4, 0.5) is 0 Å². The smallest absolute Gasteiger partial charge is 0.159 e.